The number of nitrogens with zero attached hydrogens (tertiary/aromatic N) is 1. The van der Waals surface area contributed by atoms with Gasteiger partial charge in [-0.05, 0) is 32.6 Å². The van der Waals surface area contributed by atoms with E-state index in [2.05, 4.69) is 0 Å². The van der Waals surface area contributed by atoms with Crippen LogP contribution in [0.4, 0.5) is 13.2 Å². The minimum absolute atomic E-state index is 0.0381. The van der Waals surface area contributed by atoms with Crippen molar-refractivity contribution in [3.05, 3.63) is 22.8 Å². The second-order valence-electron chi connectivity index (χ2n) is 7.54. The van der Waals surface area contributed by atoms with Crippen molar-refractivity contribution in [2.45, 2.75) is 58.2 Å². The third-order valence-electron chi connectivity index (χ3n) is 6.26. The fraction of sp³-hybridized carbons (Fsp3) is 0.684. The van der Waals surface area contributed by atoms with Crippen LogP contribution in [0.15, 0.2) is 22.8 Å². The first-order chi connectivity index (χ1) is 12.1. The Bertz CT molecular complexity index is 695. The Balaban J connectivity index is 2.04. The van der Waals surface area contributed by atoms with E-state index in [1.54, 1.807) is 24.9 Å². The van der Waals surface area contributed by atoms with Crippen LogP contribution >= 0.6 is 0 Å². The number of amides is 1. The largest absolute Gasteiger partial charge is 0.463 e. The number of halogens is 3. The molecule has 2 fully saturated rings. The lowest BCUT2D eigenvalue weighted by Gasteiger charge is -2.54. The highest BCUT2D eigenvalue weighted by molar-refractivity contribution is 5.91. The molecule has 4 nitrogen and oxygen atoms in total. The highest BCUT2D eigenvalue weighted by Gasteiger charge is 2.54. The van der Waals surface area contributed by atoms with Gasteiger partial charge in [-0.1, -0.05) is 18.6 Å². The molecule has 2 aliphatic carbocycles. The maximum atomic E-state index is 13.5. The molecule has 26 heavy (non-hydrogen) atoms. The first-order valence-electron chi connectivity index (χ1n) is 9.04. The van der Waals surface area contributed by atoms with Gasteiger partial charge in [0.05, 0.1) is 12.2 Å². The van der Waals surface area contributed by atoms with Crippen molar-refractivity contribution in [3.8, 4) is 0 Å². The van der Waals surface area contributed by atoms with Crippen molar-refractivity contribution < 1.29 is 27.5 Å². The number of hydrogen-bond donors (Lipinski definition) is 0. The van der Waals surface area contributed by atoms with Crippen molar-refractivity contribution in [1.82, 2.24) is 4.90 Å². The van der Waals surface area contributed by atoms with Crippen LogP contribution in [0.25, 0.3) is 0 Å². The molecule has 3 atom stereocenters. The zero-order valence-corrected chi connectivity index (χ0v) is 15.3. The van der Waals surface area contributed by atoms with Crippen molar-refractivity contribution in [2.24, 2.45) is 11.3 Å². The van der Waals surface area contributed by atoms with Crippen LogP contribution in [-0.4, -0.2) is 42.6 Å². The van der Waals surface area contributed by atoms with Gasteiger partial charge in [0, 0.05) is 36.4 Å². The van der Waals surface area contributed by atoms with Crippen molar-refractivity contribution in [1.29, 1.82) is 0 Å². The van der Waals surface area contributed by atoms with Gasteiger partial charge in [0.15, 0.2) is 0 Å². The molecule has 0 spiro atoms. The Morgan fingerprint density at radius 1 is 1.38 bits per heavy atom. The van der Waals surface area contributed by atoms with E-state index in [0.29, 0.717) is 25.7 Å². The van der Waals surface area contributed by atoms with Crippen molar-refractivity contribution in [3.63, 3.8) is 0 Å². The molecule has 1 heterocycles. The Hall–Kier alpha value is -1.79. The summed E-state index contributed by atoms with van der Waals surface area (Å²) in [6.45, 7) is 3.64. The molecule has 0 aromatic carbocycles. The SMILES string of the molecule is CCOC(=O)C1=C(C(F)(F)F)CC=C2[C@H]1CC[C@H]1N(C)C(=O)CC[C@]21C. The van der Waals surface area contributed by atoms with Gasteiger partial charge in [-0.25, -0.2) is 4.79 Å². The highest BCUT2D eigenvalue weighted by Crippen LogP contribution is 2.56. The van der Waals surface area contributed by atoms with E-state index in [-0.39, 0.29) is 30.5 Å². The first-order valence-corrected chi connectivity index (χ1v) is 9.04. The predicted octanol–water partition coefficient (Wildman–Crippen LogP) is 3.78. The summed E-state index contributed by atoms with van der Waals surface area (Å²) in [5.41, 5.74) is -0.548. The lowest BCUT2D eigenvalue weighted by atomic mass is 9.57. The van der Waals surface area contributed by atoms with E-state index in [1.807, 2.05) is 6.92 Å². The molecule has 3 aliphatic rings. The molecule has 0 radical (unpaired) electrons. The van der Waals surface area contributed by atoms with Gasteiger partial charge in [-0.15, -0.1) is 0 Å². The zero-order chi connectivity index (χ0) is 19.3. The Morgan fingerprint density at radius 3 is 2.69 bits per heavy atom. The smallest absolute Gasteiger partial charge is 0.413 e. The third kappa shape index (κ3) is 2.85. The molecular formula is C19H24F3NO3. The molecule has 0 N–H and O–H groups in total. The van der Waals surface area contributed by atoms with Gasteiger partial charge >= 0.3 is 12.1 Å². The number of likely N-dealkylation sites (tertiary alicyclic amines) is 1. The fourth-order valence-corrected chi connectivity index (χ4v) is 4.99. The number of rotatable bonds is 2. The summed E-state index contributed by atoms with van der Waals surface area (Å²) >= 11 is 0. The molecule has 1 amide bonds. The quantitative estimate of drug-likeness (QED) is 0.548. The summed E-state index contributed by atoms with van der Waals surface area (Å²) < 4.78 is 45.6. The van der Waals surface area contributed by atoms with E-state index in [0.717, 1.165) is 5.57 Å². The first kappa shape index (κ1) is 19.0. The lowest BCUT2D eigenvalue weighted by Crippen LogP contribution is -2.56. The topological polar surface area (TPSA) is 46.6 Å². The zero-order valence-electron chi connectivity index (χ0n) is 15.3. The average Bonchev–Trinajstić information content (AvgIpc) is 2.57. The Morgan fingerprint density at radius 2 is 2.08 bits per heavy atom. The second kappa shape index (κ2) is 6.43. The number of ether oxygens (including phenoxy) is 1. The van der Waals surface area contributed by atoms with Gasteiger partial charge < -0.3 is 9.64 Å². The van der Waals surface area contributed by atoms with Gasteiger partial charge in [-0.2, -0.15) is 13.2 Å². The van der Waals surface area contributed by atoms with Gasteiger partial charge in [0.1, 0.15) is 0 Å². The summed E-state index contributed by atoms with van der Waals surface area (Å²) in [6.07, 6.45) is -1.26. The van der Waals surface area contributed by atoms with Crippen LogP contribution in [0.3, 0.4) is 0 Å². The number of allylic oxidation sites excluding steroid dienone is 2. The second-order valence-corrected chi connectivity index (χ2v) is 7.54. The summed E-state index contributed by atoms with van der Waals surface area (Å²) in [6, 6.07) is -0.0397. The molecule has 0 unspecified atom stereocenters. The van der Waals surface area contributed by atoms with Gasteiger partial charge in [-0.3, -0.25) is 4.79 Å². The van der Waals surface area contributed by atoms with E-state index in [9.17, 15) is 22.8 Å². The lowest BCUT2D eigenvalue weighted by molar-refractivity contribution is -0.143. The Labute approximate surface area is 151 Å². The molecule has 144 valence electrons. The maximum absolute atomic E-state index is 13.5. The van der Waals surface area contributed by atoms with Crippen LogP contribution in [0.1, 0.15) is 46.0 Å². The van der Waals surface area contributed by atoms with Gasteiger partial charge in [0.2, 0.25) is 5.91 Å². The highest BCUT2D eigenvalue weighted by atomic mass is 19.4. The van der Waals surface area contributed by atoms with Crippen molar-refractivity contribution in [2.75, 3.05) is 13.7 Å². The standard InChI is InChI=1S/C19H24F3NO3/c1-4-26-17(25)16-11-5-8-14-18(2,10-9-15(24)23(14)3)12(11)6-7-13(16)19(20,21)22/h6,11,14H,4-5,7-10H2,1-3H3/t11-,14-,18-/m1/s1. The van der Waals surface area contributed by atoms with Crippen LogP contribution < -0.4 is 0 Å². The number of esters is 1. The Kier molecular flexibility index (Phi) is 4.69. The molecule has 3 rings (SSSR count). The number of carbonyl (C=O) groups excluding carboxylic acids is 2. The van der Waals surface area contributed by atoms with Crippen LogP contribution in [0.2, 0.25) is 0 Å². The number of piperidine rings is 1. The number of hydrogen-bond acceptors (Lipinski definition) is 3. The summed E-state index contributed by atoms with van der Waals surface area (Å²) in [7, 11) is 1.76. The number of fused-ring (bicyclic) bond motifs is 3. The van der Waals surface area contributed by atoms with Crippen molar-refractivity contribution >= 4 is 11.9 Å². The molecule has 1 aliphatic heterocycles. The predicted molar refractivity (Wildman–Crippen MR) is 89.0 cm³/mol. The molecule has 0 bridgehead atoms. The monoisotopic (exact) mass is 371 g/mol. The molecule has 1 saturated heterocycles. The van der Waals surface area contributed by atoms with Crippen LogP contribution in [0.5, 0.6) is 0 Å². The number of alkyl halides is 3. The molecule has 7 heteroatoms. The normalized spacial score (nSPS) is 32.0. The molecule has 1 saturated carbocycles. The molecule has 0 aromatic heterocycles. The third-order valence-corrected chi connectivity index (χ3v) is 6.26. The summed E-state index contributed by atoms with van der Waals surface area (Å²) in [5.74, 6) is -1.38. The fourth-order valence-electron chi connectivity index (χ4n) is 4.99. The van der Waals surface area contributed by atoms with Crippen LogP contribution in [0, 0.1) is 11.3 Å². The molecule has 0 aromatic rings. The van der Waals surface area contributed by atoms with E-state index in [1.165, 1.54) is 0 Å². The van der Waals surface area contributed by atoms with E-state index < -0.39 is 29.1 Å². The minimum atomic E-state index is -4.55. The average molecular weight is 371 g/mol. The van der Waals surface area contributed by atoms with Gasteiger partial charge in [0.25, 0.3) is 0 Å². The minimum Gasteiger partial charge on any atom is -0.463 e. The van der Waals surface area contributed by atoms with E-state index in [4.69, 9.17) is 4.74 Å². The summed E-state index contributed by atoms with van der Waals surface area (Å²) in [5, 5.41) is 0. The summed E-state index contributed by atoms with van der Waals surface area (Å²) in [4.78, 5) is 26.2. The van der Waals surface area contributed by atoms with E-state index >= 15 is 0 Å². The molecular weight excluding hydrogens is 347 g/mol. The number of carbonyl (C=O) groups is 2. The maximum Gasteiger partial charge on any atom is 0.413 e. The van der Waals surface area contributed by atoms with Crippen LogP contribution in [-0.2, 0) is 14.3 Å².